The number of urea groups is 1. The Bertz CT molecular complexity index is 433. The summed E-state index contributed by atoms with van der Waals surface area (Å²) in [6.07, 6.45) is 4.56. The van der Waals surface area contributed by atoms with Crippen LogP contribution in [-0.4, -0.2) is 48.4 Å². The molecular weight excluding hydrogens is 280 g/mol. The van der Waals surface area contributed by atoms with Crippen LogP contribution in [0.5, 0.6) is 0 Å². The number of hydrogen-bond donors (Lipinski definition) is 2. The summed E-state index contributed by atoms with van der Waals surface area (Å²) in [6, 6.07) is 9.68. The Balaban J connectivity index is 1.76. The molecular formula is C17H26N2O3. The average Bonchev–Trinajstić information content (AvgIpc) is 2.56. The average molecular weight is 306 g/mol. The summed E-state index contributed by atoms with van der Waals surface area (Å²) < 4.78 is 5.66. The first-order valence-corrected chi connectivity index (χ1v) is 8.09. The summed E-state index contributed by atoms with van der Waals surface area (Å²) in [5.74, 6) is 0. The summed E-state index contributed by atoms with van der Waals surface area (Å²) >= 11 is 0. The van der Waals surface area contributed by atoms with Crippen molar-refractivity contribution in [2.75, 3.05) is 26.3 Å². The highest BCUT2D eigenvalue weighted by atomic mass is 16.5. The van der Waals surface area contributed by atoms with Crippen LogP contribution in [-0.2, 0) is 11.3 Å². The fourth-order valence-electron chi connectivity index (χ4n) is 2.66. The number of carbonyl (C=O) groups excluding carboxylic acids is 1. The van der Waals surface area contributed by atoms with Crippen LogP contribution in [0, 0.1) is 0 Å². The highest BCUT2D eigenvalue weighted by Gasteiger charge is 2.16. The molecule has 0 radical (unpaired) electrons. The third kappa shape index (κ3) is 5.66. The Labute approximate surface area is 132 Å². The van der Waals surface area contributed by atoms with Gasteiger partial charge in [0, 0.05) is 26.2 Å². The molecule has 0 aromatic heterocycles. The van der Waals surface area contributed by atoms with Gasteiger partial charge in [0.15, 0.2) is 0 Å². The third-order valence-electron chi connectivity index (χ3n) is 3.89. The van der Waals surface area contributed by atoms with Crippen LogP contribution in [0.15, 0.2) is 30.3 Å². The molecule has 1 heterocycles. The smallest absolute Gasteiger partial charge is 0.317 e. The Morgan fingerprint density at radius 2 is 2.14 bits per heavy atom. The van der Waals surface area contributed by atoms with E-state index in [2.05, 4.69) is 5.32 Å². The van der Waals surface area contributed by atoms with Gasteiger partial charge in [0.1, 0.15) is 0 Å². The molecule has 0 spiro atoms. The quantitative estimate of drug-likeness (QED) is 0.811. The summed E-state index contributed by atoms with van der Waals surface area (Å²) in [4.78, 5) is 13.9. The lowest BCUT2D eigenvalue weighted by Crippen LogP contribution is -2.42. The van der Waals surface area contributed by atoms with Crippen molar-refractivity contribution in [2.24, 2.45) is 0 Å². The van der Waals surface area contributed by atoms with Crippen LogP contribution >= 0.6 is 0 Å². The third-order valence-corrected chi connectivity index (χ3v) is 3.89. The number of nitrogens with one attached hydrogen (secondary N) is 1. The van der Waals surface area contributed by atoms with Gasteiger partial charge in [-0.15, -0.1) is 0 Å². The van der Waals surface area contributed by atoms with Gasteiger partial charge in [-0.3, -0.25) is 0 Å². The summed E-state index contributed by atoms with van der Waals surface area (Å²) in [5, 5.41) is 12.1. The van der Waals surface area contributed by atoms with Crippen molar-refractivity contribution in [3.8, 4) is 0 Å². The first-order valence-electron chi connectivity index (χ1n) is 8.09. The molecule has 1 aromatic rings. The van der Waals surface area contributed by atoms with Crippen molar-refractivity contribution in [2.45, 2.75) is 38.3 Å². The normalized spacial score (nSPS) is 18.0. The first-order chi connectivity index (χ1) is 10.8. The van der Waals surface area contributed by atoms with Crippen molar-refractivity contribution in [1.82, 2.24) is 10.2 Å². The highest BCUT2D eigenvalue weighted by Crippen LogP contribution is 2.14. The van der Waals surface area contributed by atoms with Crippen LogP contribution in [0.25, 0.3) is 0 Å². The first kappa shape index (κ1) is 16.8. The number of benzene rings is 1. The Morgan fingerprint density at radius 1 is 1.32 bits per heavy atom. The molecule has 1 aromatic carbocycles. The Morgan fingerprint density at radius 3 is 2.82 bits per heavy atom. The number of carbonyl (C=O) groups is 1. The topological polar surface area (TPSA) is 61.8 Å². The fourth-order valence-corrected chi connectivity index (χ4v) is 2.66. The molecule has 1 unspecified atom stereocenters. The molecule has 1 saturated heterocycles. The Hall–Kier alpha value is -1.59. The molecule has 0 aliphatic carbocycles. The number of rotatable bonds is 7. The van der Waals surface area contributed by atoms with E-state index in [1.165, 1.54) is 6.42 Å². The zero-order chi connectivity index (χ0) is 15.6. The number of aliphatic hydroxyl groups excluding tert-OH is 1. The molecule has 122 valence electrons. The zero-order valence-electron chi connectivity index (χ0n) is 13.0. The van der Waals surface area contributed by atoms with E-state index in [1.807, 2.05) is 30.3 Å². The second-order valence-electron chi connectivity index (χ2n) is 5.64. The number of aliphatic hydroxyl groups is 1. The molecule has 22 heavy (non-hydrogen) atoms. The van der Waals surface area contributed by atoms with Crippen molar-refractivity contribution in [3.63, 3.8) is 0 Å². The molecule has 5 heteroatoms. The maximum atomic E-state index is 12.2. The molecule has 2 amide bonds. The van der Waals surface area contributed by atoms with Gasteiger partial charge in [0.2, 0.25) is 0 Å². The van der Waals surface area contributed by atoms with Gasteiger partial charge in [-0.25, -0.2) is 4.79 Å². The van der Waals surface area contributed by atoms with Crippen LogP contribution < -0.4 is 5.32 Å². The molecule has 2 rings (SSSR count). The molecule has 2 N–H and O–H groups in total. The molecule has 5 nitrogen and oxygen atoms in total. The van der Waals surface area contributed by atoms with Crippen LogP contribution in [0.4, 0.5) is 4.79 Å². The molecule has 1 fully saturated rings. The van der Waals surface area contributed by atoms with Gasteiger partial charge in [0.05, 0.1) is 12.7 Å². The van der Waals surface area contributed by atoms with Crippen molar-refractivity contribution in [3.05, 3.63) is 35.9 Å². The van der Waals surface area contributed by atoms with Crippen LogP contribution in [0.1, 0.15) is 31.2 Å². The fraction of sp³-hybridized carbons (Fsp3) is 0.588. The maximum absolute atomic E-state index is 12.2. The minimum Gasteiger partial charge on any atom is -0.395 e. The van der Waals surface area contributed by atoms with E-state index in [-0.39, 0.29) is 18.7 Å². The van der Waals surface area contributed by atoms with E-state index in [9.17, 15) is 4.79 Å². The lowest BCUT2D eigenvalue weighted by atomic mass is 10.1. The van der Waals surface area contributed by atoms with E-state index in [0.29, 0.717) is 19.6 Å². The van der Waals surface area contributed by atoms with E-state index >= 15 is 0 Å². The predicted octanol–water partition coefficient (Wildman–Crippen LogP) is 2.15. The van der Waals surface area contributed by atoms with Gasteiger partial charge in [-0.1, -0.05) is 30.3 Å². The second-order valence-corrected chi connectivity index (χ2v) is 5.64. The molecule has 0 bridgehead atoms. The van der Waals surface area contributed by atoms with Gasteiger partial charge < -0.3 is 20.1 Å². The molecule has 1 atom stereocenters. The zero-order valence-corrected chi connectivity index (χ0v) is 13.0. The predicted molar refractivity (Wildman–Crippen MR) is 85.5 cm³/mol. The minimum absolute atomic E-state index is 0.0357. The maximum Gasteiger partial charge on any atom is 0.317 e. The van der Waals surface area contributed by atoms with Crippen molar-refractivity contribution in [1.29, 1.82) is 0 Å². The second kappa shape index (κ2) is 9.43. The lowest BCUT2D eigenvalue weighted by molar-refractivity contribution is 0.0118. The largest absolute Gasteiger partial charge is 0.395 e. The summed E-state index contributed by atoms with van der Waals surface area (Å²) in [7, 11) is 0. The van der Waals surface area contributed by atoms with Crippen LogP contribution in [0.3, 0.4) is 0 Å². The molecule has 1 aliphatic rings. The highest BCUT2D eigenvalue weighted by molar-refractivity contribution is 5.74. The minimum atomic E-state index is -0.131. The van der Waals surface area contributed by atoms with Crippen molar-refractivity contribution < 1.29 is 14.6 Å². The standard InChI is InChI=1S/C17H26N2O3/c20-12-11-19(14-15-6-2-1-3-7-15)17(21)18-10-9-16-8-4-5-13-22-16/h1-3,6-7,16,20H,4-5,8-14H2,(H,18,21). The Kier molecular flexibility index (Phi) is 7.19. The van der Waals surface area contributed by atoms with Crippen LogP contribution in [0.2, 0.25) is 0 Å². The summed E-state index contributed by atoms with van der Waals surface area (Å²) in [6.45, 7) is 2.25. The van der Waals surface area contributed by atoms with E-state index in [0.717, 1.165) is 31.4 Å². The van der Waals surface area contributed by atoms with Crippen molar-refractivity contribution >= 4 is 6.03 Å². The van der Waals surface area contributed by atoms with Gasteiger partial charge in [-0.2, -0.15) is 0 Å². The number of hydrogen-bond acceptors (Lipinski definition) is 3. The number of amides is 2. The van der Waals surface area contributed by atoms with Gasteiger partial charge in [-0.05, 0) is 31.2 Å². The number of ether oxygens (including phenoxy) is 1. The van der Waals surface area contributed by atoms with E-state index in [1.54, 1.807) is 4.90 Å². The van der Waals surface area contributed by atoms with Gasteiger partial charge in [0.25, 0.3) is 0 Å². The van der Waals surface area contributed by atoms with Gasteiger partial charge >= 0.3 is 6.03 Å². The van der Waals surface area contributed by atoms with E-state index in [4.69, 9.17) is 9.84 Å². The molecule has 0 saturated carbocycles. The monoisotopic (exact) mass is 306 g/mol. The summed E-state index contributed by atoms with van der Waals surface area (Å²) in [5.41, 5.74) is 1.06. The lowest BCUT2D eigenvalue weighted by Gasteiger charge is -2.25. The SMILES string of the molecule is O=C(NCCC1CCCCO1)N(CCO)Cc1ccccc1. The van der Waals surface area contributed by atoms with E-state index < -0.39 is 0 Å². The molecule has 1 aliphatic heterocycles. The number of nitrogens with zero attached hydrogens (tertiary/aromatic N) is 1.